The van der Waals surface area contributed by atoms with Crippen LogP contribution in [-0.4, -0.2) is 31.1 Å². The number of nitrogens with one attached hydrogen (secondary N) is 1. The number of amides is 1. The number of hydrogen-bond acceptors (Lipinski definition) is 4. The van der Waals surface area contributed by atoms with E-state index in [9.17, 15) is 4.79 Å². The third-order valence-corrected chi connectivity index (χ3v) is 3.27. The van der Waals surface area contributed by atoms with E-state index in [0.29, 0.717) is 19.0 Å². The number of fused-ring (bicyclic) bond motifs is 1. The normalized spacial score (nSPS) is 15.0. The van der Waals surface area contributed by atoms with Crippen molar-refractivity contribution in [3.63, 3.8) is 0 Å². The van der Waals surface area contributed by atoms with Crippen molar-refractivity contribution < 1.29 is 14.3 Å². The standard InChI is InChI=1S/C13H17NO3S/c1-9(14-13(15)8-18-2)10-3-4-11-12(7-10)17-6-5-16-11/h3-4,7,9H,5-6,8H2,1-2H3,(H,14,15)/t9-/m0/s1. The van der Waals surface area contributed by atoms with E-state index in [0.717, 1.165) is 17.1 Å². The molecule has 0 spiro atoms. The molecule has 1 aliphatic heterocycles. The highest BCUT2D eigenvalue weighted by molar-refractivity contribution is 7.99. The monoisotopic (exact) mass is 267 g/mol. The van der Waals surface area contributed by atoms with Crippen molar-refractivity contribution in [3.8, 4) is 11.5 Å². The van der Waals surface area contributed by atoms with E-state index < -0.39 is 0 Å². The van der Waals surface area contributed by atoms with Gasteiger partial charge in [-0.1, -0.05) is 6.07 Å². The van der Waals surface area contributed by atoms with Crippen LogP contribution in [0.25, 0.3) is 0 Å². The zero-order valence-corrected chi connectivity index (χ0v) is 11.4. The van der Waals surface area contributed by atoms with Crippen molar-refractivity contribution in [1.82, 2.24) is 5.32 Å². The second-order valence-electron chi connectivity index (χ2n) is 4.13. The molecule has 1 heterocycles. The van der Waals surface area contributed by atoms with Gasteiger partial charge in [-0.15, -0.1) is 0 Å². The first kappa shape index (κ1) is 13.1. The van der Waals surface area contributed by atoms with Gasteiger partial charge in [0.25, 0.3) is 0 Å². The first-order valence-electron chi connectivity index (χ1n) is 5.88. The second kappa shape index (κ2) is 6.00. The summed E-state index contributed by atoms with van der Waals surface area (Å²) in [6.45, 7) is 3.12. The number of benzene rings is 1. The van der Waals surface area contributed by atoms with Crippen molar-refractivity contribution in [2.45, 2.75) is 13.0 Å². The summed E-state index contributed by atoms with van der Waals surface area (Å²) in [6.07, 6.45) is 1.91. The summed E-state index contributed by atoms with van der Waals surface area (Å²) in [5, 5.41) is 2.95. The number of rotatable bonds is 4. The van der Waals surface area contributed by atoms with E-state index in [4.69, 9.17) is 9.47 Å². The Morgan fingerprint density at radius 1 is 1.39 bits per heavy atom. The molecule has 0 saturated carbocycles. The minimum Gasteiger partial charge on any atom is -0.486 e. The molecular weight excluding hydrogens is 250 g/mol. The number of carbonyl (C=O) groups is 1. The van der Waals surface area contributed by atoms with Gasteiger partial charge >= 0.3 is 0 Å². The molecule has 1 amide bonds. The fraction of sp³-hybridized carbons (Fsp3) is 0.462. The Balaban J connectivity index is 2.06. The molecule has 0 aliphatic carbocycles. The van der Waals surface area contributed by atoms with Crippen LogP contribution < -0.4 is 14.8 Å². The lowest BCUT2D eigenvalue weighted by Gasteiger charge is -2.21. The van der Waals surface area contributed by atoms with Crippen LogP contribution in [0, 0.1) is 0 Å². The summed E-state index contributed by atoms with van der Waals surface area (Å²) in [4.78, 5) is 11.5. The van der Waals surface area contributed by atoms with E-state index in [1.54, 1.807) is 0 Å². The lowest BCUT2D eigenvalue weighted by atomic mass is 10.1. The van der Waals surface area contributed by atoms with Crippen molar-refractivity contribution in [3.05, 3.63) is 23.8 Å². The molecule has 0 aromatic heterocycles. The van der Waals surface area contributed by atoms with Crippen LogP contribution in [0.4, 0.5) is 0 Å². The summed E-state index contributed by atoms with van der Waals surface area (Å²) >= 11 is 1.51. The van der Waals surface area contributed by atoms with Crippen LogP contribution in [-0.2, 0) is 4.79 Å². The Morgan fingerprint density at radius 3 is 2.83 bits per heavy atom. The zero-order chi connectivity index (χ0) is 13.0. The fourth-order valence-electron chi connectivity index (χ4n) is 1.83. The molecule has 1 aromatic carbocycles. The first-order valence-corrected chi connectivity index (χ1v) is 7.28. The predicted octanol–water partition coefficient (Wildman–Crippen LogP) is 2.00. The molecule has 4 nitrogen and oxygen atoms in total. The Morgan fingerprint density at radius 2 is 2.11 bits per heavy atom. The quantitative estimate of drug-likeness (QED) is 0.906. The summed E-state index contributed by atoms with van der Waals surface area (Å²) in [5.74, 6) is 2.05. The third kappa shape index (κ3) is 3.10. The average molecular weight is 267 g/mol. The molecular formula is C13H17NO3S. The predicted molar refractivity (Wildman–Crippen MR) is 72.4 cm³/mol. The van der Waals surface area contributed by atoms with Gasteiger partial charge in [0.05, 0.1) is 11.8 Å². The highest BCUT2D eigenvalue weighted by Crippen LogP contribution is 2.32. The van der Waals surface area contributed by atoms with Crippen molar-refractivity contribution in [2.75, 3.05) is 25.2 Å². The van der Waals surface area contributed by atoms with Gasteiger partial charge in [-0.2, -0.15) is 11.8 Å². The largest absolute Gasteiger partial charge is 0.486 e. The van der Waals surface area contributed by atoms with Gasteiger partial charge < -0.3 is 14.8 Å². The van der Waals surface area contributed by atoms with Crippen LogP contribution in [0.2, 0.25) is 0 Å². The van der Waals surface area contributed by atoms with Gasteiger partial charge in [-0.25, -0.2) is 0 Å². The smallest absolute Gasteiger partial charge is 0.230 e. The van der Waals surface area contributed by atoms with Gasteiger partial charge in [0.2, 0.25) is 5.91 Å². The minimum absolute atomic E-state index is 0.0273. The molecule has 5 heteroatoms. The lowest BCUT2D eigenvalue weighted by Crippen LogP contribution is -2.28. The van der Waals surface area contributed by atoms with Gasteiger partial charge in [0.15, 0.2) is 11.5 Å². The maximum absolute atomic E-state index is 11.5. The van der Waals surface area contributed by atoms with Crippen LogP contribution in [0.3, 0.4) is 0 Å². The molecule has 0 saturated heterocycles. The van der Waals surface area contributed by atoms with E-state index in [1.807, 2.05) is 31.4 Å². The first-order chi connectivity index (χ1) is 8.70. The van der Waals surface area contributed by atoms with Crippen LogP contribution in [0.5, 0.6) is 11.5 Å². The number of carbonyl (C=O) groups excluding carboxylic acids is 1. The number of thioether (sulfide) groups is 1. The van der Waals surface area contributed by atoms with Gasteiger partial charge in [-0.05, 0) is 30.9 Å². The molecule has 98 valence electrons. The highest BCUT2D eigenvalue weighted by Gasteiger charge is 2.15. The van der Waals surface area contributed by atoms with Crippen molar-refractivity contribution in [2.24, 2.45) is 0 Å². The molecule has 2 rings (SSSR count). The van der Waals surface area contributed by atoms with E-state index in [1.165, 1.54) is 11.8 Å². The highest BCUT2D eigenvalue weighted by atomic mass is 32.2. The Bertz CT molecular complexity index is 436. The topological polar surface area (TPSA) is 47.6 Å². The lowest BCUT2D eigenvalue weighted by molar-refractivity contribution is -0.119. The Kier molecular flexibility index (Phi) is 4.36. The van der Waals surface area contributed by atoms with Gasteiger partial charge in [0, 0.05) is 0 Å². The summed E-state index contributed by atoms with van der Waals surface area (Å²) in [7, 11) is 0. The molecule has 18 heavy (non-hydrogen) atoms. The second-order valence-corrected chi connectivity index (χ2v) is 4.99. The maximum Gasteiger partial charge on any atom is 0.230 e. The maximum atomic E-state index is 11.5. The molecule has 0 radical (unpaired) electrons. The molecule has 1 N–H and O–H groups in total. The molecule has 0 bridgehead atoms. The van der Waals surface area contributed by atoms with Crippen LogP contribution in [0.1, 0.15) is 18.5 Å². The summed E-state index contributed by atoms with van der Waals surface area (Å²) in [5.41, 5.74) is 1.02. The molecule has 1 atom stereocenters. The Hall–Kier alpha value is -1.36. The van der Waals surface area contributed by atoms with E-state index in [-0.39, 0.29) is 11.9 Å². The van der Waals surface area contributed by atoms with Crippen LogP contribution >= 0.6 is 11.8 Å². The van der Waals surface area contributed by atoms with E-state index >= 15 is 0 Å². The van der Waals surface area contributed by atoms with E-state index in [2.05, 4.69) is 5.32 Å². The van der Waals surface area contributed by atoms with Crippen molar-refractivity contribution >= 4 is 17.7 Å². The average Bonchev–Trinajstić information content (AvgIpc) is 2.38. The third-order valence-electron chi connectivity index (χ3n) is 2.72. The minimum atomic E-state index is -0.0273. The zero-order valence-electron chi connectivity index (χ0n) is 10.6. The number of ether oxygens (including phenoxy) is 2. The molecule has 0 unspecified atom stereocenters. The van der Waals surface area contributed by atoms with Crippen molar-refractivity contribution in [1.29, 1.82) is 0 Å². The summed E-state index contributed by atoms with van der Waals surface area (Å²) in [6, 6.07) is 5.75. The SMILES string of the molecule is CSCC(=O)N[C@@H](C)c1ccc2c(c1)OCCO2. The Labute approximate surface area is 111 Å². The van der Waals surface area contributed by atoms with Gasteiger partial charge in [0.1, 0.15) is 13.2 Å². The van der Waals surface area contributed by atoms with Gasteiger partial charge in [-0.3, -0.25) is 4.79 Å². The van der Waals surface area contributed by atoms with Crippen LogP contribution in [0.15, 0.2) is 18.2 Å². The number of hydrogen-bond donors (Lipinski definition) is 1. The molecule has 1 aliphatic rings. The summed E-state index contributed by atoms with van der Waals surface area (Å²) < 4.78 is 11.0. The fourth-order valence-corrected chi connectivity index (χ4v) is 2.17. The molecule has 1 aromatic rings. The molecule has 0 fully saturated rings.